The molecule has 4 rings (SSSR count). The Morgan fingerprint density at radius 3 is 2.92 bits per heavy atom. The summed E-state index contributed by atoms with van der Waals surface area (Å²) in [6.07, 6.45) is 9.17. The Bertz CT molecular complexity index is 970. The Morgan fingerprint density at radius 2 is 2.16 bits per heavy atom. The van der Waals surface area contributed by atoms with Gasteiger partial charge in [0.1, 0.15) is 5.56 Å². The minimum absolute atomic E-state index is 0.0312. The lowest BCUT2D eigenvalue weighted by molar-refractivity contribution is 0.0934. The van der Waals surface area contributed by atoms with Crippen molar-refractivity contribution in [2.45, 2.75) is 25.9 Å². The molecule has 0 spiro atoms. The van der Waals surface area contributed by atoms with E-state index in [1.807, 2.05) is 4.57 Å². The van der Waals surface area contributed by atoms with Crippen molar-refractivity contribution in [1.29, 1.82) is 0 Å². The number of carbonyl (C=O) groups excluding carboxylic acids is 1. The van der Waals surface area contributed by atoms with E-state index >= 15 is 0 Å². The van der Waals surface area contributed by atoms with Gasteiger partial charge in [0.25, 0.3) is 11.5 Å². The highest BCUT2D eigenvalue weighted by Crippen LogP contribution is 2.14. The van der Waals surface area contributed by atoms with E-state index in [0.29, 0.717) is 24.2 Å². The zero-order valence-corrected chi connectivity index (χ0v) is 13.7. The van der Waals surface area contributed by atoms with Gasteiger partial charge in [0.2, 0.25) is 0 Å². The molecule has 0 aromatic carbocycles. The molecule has 3 aromatic rings. The van der Waals surface area contributed by atoms with Gasteiger partial charge in [0.05, 0.1) is 24.3 Å². The Kier molecular flexibility index (Phi) is 3.68. The minimum Gasteiger partial charge on any atom is -0.347 e. The van der Waals surface area contributed by atoms with E-state index in [0.717, 1.165) is 5.69 Å². The number of carbonyl (C=O) groups is 1. The maximum Gasteiger partial charge on any atom is 0.268 e. The Morgan fingerprint density at radius 1 is 1.28 bits per heavy atom. The molecular weight excluding hydrogens is 318 g/mol. The largest absolute Gasteiger partial charge is 0.347 e. The number of nitrogens with zero attached hydrogens (tertiary/aromatic N) is 4. The van der Waals surface area contributed by atoms with Crippen molar-refractivity contribution in [3.05, 3.63) is 76.5 Å². The minimum atomic E-state index is -0.343. The first kappa shape index (κ1) is 15.3. The normalized spacial score (nSPS) is 15.8. The highest BCUT2D eigenvalue weighted by atomic mass is 16.2. The van der Waals surface area contributed by atoms with Gasteiger partial charge < -0.3 is 9.88 Å². The fourth-order valence-electron chi connectivity index (χ4n) is 3.19. The van der Waals surface area contributed by atoms with Crippen LogP contribution in [-0.2, 0) is 13.0 Å². The Labute approximate surface area is 144 Å². The summed E-state index contributed by atoms with van der Waals surface area (Å²) >= 11 is 0. The first-order valence-corrected chi connectivity index (χ1v) is 8.06. The smallest absolute Gasteiger partial charge is 0.268 e. The lowest BCUT2D eigenvalue weighted by Crippen LogP contribution is -2.40. The zero-order chi connectivity index (χ0) is 17.4. The Hall–Kier alpha value is -3.22. The standard InChI is InChI=1S/C18H17N5O2/c1-12-4-6-23(14-3-2-5-19-8-14)18(25)16(12)17(24)21-13-7-15-9-20-11-22(15)10-13/h2-6,8-9,11,13H,7,10H2,1H3,(H,21,24). The van der Waals surface area contributed by atoms with Gasteiger partial charge in [-0.05, 0) is 30.7 Å². The number of hydrogen-bond acceptors (Lipinski definition) is 4. The average Bonchev–Trinajstić information content (AvgIpc) is 3.17. The summed E-state index contributed by atoms with van der Waals surface area (Å²) in [5.41, 5.74) is 2.19. The molecule has 1 atom stereocenters. The second-order valence-corrected chi connectivity index (χ2v) is 6.17. The van der Waals surface area contributed by atoms with Crippen LogP contribution in [0, 0.1) is 6.92 Å². The van der Waals surface area contributed by atoms with Gasteiger partial charge in [0, 0.05) is 37.3 Å². The van der Waals surface area contributed by atoms with Crippen molar-refractivity contribution < 1.29 is 4.79 Å². The van der Waals surface area contributed by atoms with Crippen molar-refractivity contribution in [1.82, 2.24) is 24.4 Å². The number of pyridine rings is 2. The van der Waals surface area contributed by atoms with Gasteiger partial charge >= 0.3 is 0 Å². The number of fused-ring (bicyclic) bond motifs is 1. The van der Waals surface area contributed by atoms with Crippen LogP contribution < -0.4 is 10.9 Å². The van der Waals surface area contributed by atoms with Gasteiger partial charge in [-0.3, -0.25) is 19.1 Å². The first-order valence-electron chi connectivity index (χ1n) is 8.06. The SMILES string of the molecule is Cc1ccn(-c2cccnc2)c(=O)c1C(=O)NC1Cc2cncn2C1. The van der Waals surface area contributed by atoms with Crippen molar-refractivity contribution in [2.75, 3.05) is 0 Å². The lowest BCUT2D eigenvalue weighted by Gasteiger charge is -2.14. The molecular formula is C18H17N5O2. The summed E-state index contributed by atoms with van der Waals surface area (Å²) in [4.78, 5) is 33.7. The fraction of sp³-hybridized carbons (Fsp3) is 0.222. The third-order valence-electron chi connectivity index (χ3n) is 4.46. The molecule has 3 aromatic heterocycles. The first-order chi connectivity index (χ1) is 12.1. The lowest BCUT2D eigenvalue weighted by atomic mass is 10.1. The molecule has 0 bridgehead atoms. The second kappa shape index (κ2) is 6.01. The molecule has 0 aliphatic carbocycles. The van der Waals surface area contributed by atoms with Crippen LogP contribution >= 0.6 is 0 Å². The summed E-state index contributed by atoms with van der Waals surface area (Å²) in [6, 6.07) is 5.27. The molecule has 0 fully saturated rings. The van der Waals surface area contributed by atoms with Gasteiger partial charge in [-0.25, -0.2) is 4.98 Å². The van der Waals surface area contributed by atoms with Crippen LogP contribution in [0.4, 0.5) is 0 Å². The summed E-state index contributed by atoms with van der Waals surface area (Å²) in [6.45, 7) is 2.44. The van der Waals surface area contributed by atoms with Crippen LogP contribution in [0.25, 0.3) is 5.69 Å². The Balaban J connectivity index is 1.62. The highest BCUT2D eigenvalue weighted by Gasteiger charge is 2.25. The quantitative estimate of drug-likeness (QED) is 0.777. The zero-order valence-electron chi connectivity index (χ0n) is 13.7. The van der Waals surface area contributed by atoms with E-state index in [4.69, 9.17) is 0 Å². The number of aromatic nitrogens is 4. The van der Waals surface area contributed by atoms with Crippen molar-refractivity contribution >= 4 is 5.91 Å². The molecule has 0 radical (unpaired) electrons. The predicted molar refractivity (Wildman–Crippen MR) is 91.8 cm³/mol. The number of aryl methyl sites for hydroxylation is 1. The van der Waals surface area contributed by atoms with E-state index < -0.39 is 0 Å². The average molecular weight is 335 g/mol. The number of amides is 1. The van der Waals surface area contributed by atoms with E-state index in [1.54, 1.807) is 56.2 Å². The molecule has 1 unspecified atom stereocenters. The van der Waals surface area contributed by atoms with Crippen LogP contribution in [-0.4, -0.2) is 31.1 Å². The number of hydrogen-bond donors (Lipinski definition) is 1. The molecule has 0 saturated heterocycles. The van der Waals surface area contributed by atoms with Crippen LogP contribution in [0.15, 0.2) is 54.1 Å². The van der Waals surface area contributed by atoms with Crippen LogP contribution in [0.3, 0.4) is 0 Å². The van der Waals surface area contributed by atoms with Crippen molar-refractivity contribution in [2.24, 2.45) is 0 Å². The van der Waals surface area contributed by atoms with E-state index in [-0.39, 0.29) is 23.1 Å². The number of rotatable bonds is 3. The van der Waals surface area contributed by atoms with E-state index in [9.17, 15) is 9.59 Å². The summed E-state index contributed by atoms with van der Waals surface area (Å²) in [5, 5.41) is 2.97. The van der Waals surface area contributed by atoms with Gasteiger partial charge in [-0.15, -0.1) is 0 Å². The third-order valence-corrected chi connectivity index (χ3v) is 4.46. The maximum absolute atomic E-state index is 12.8. The van der Waals surface area contributed by atoms with Crippen molar-refractivity contribution in [3.8, 4) is 5.69 Å². The van der Waals surface area contributed by atoms with Crippen molar-refractivity contribution in [3.63, 3.8) is 0 Å². The maximum atomic E-state index is 12.8. The molecule has 7 heteroatoms. The molecule has 25 heavy (non-hydrogen) atoms. The molecule has 1 N–H and O–H groups in total. The van der Waals surface area contributed by atoms with Gasteiger partial charge in [-0.2, -0.15) is 0 Å². The molecule has 4 heterocycles. The van der Waals surface area contributed by atoms with Crippen LogP contribution in [0.5, 0.6) is 0 Å². The number of imidazole rings is 1. The molecule has 126 valence electrons. The topological polar surface area (TPSA) is 81.8 Å². The van der Waals surface area contributed by atoms with Crippen LogP contribution in [0.2, 0.25) is 0 Å². The molecule has 0 saturated carbocycles. The number of nitrogens with one attached hydrogen (secondary N) is 1. The van der Waals surface area contributed by atoms with E-state index in [1.165, 1.54) is 4.57 Å². The van der Waals surface area contributed by atoms with Gasteiger partial charge in [0.15, 0.2) is 0 Å². The molecule has 1 aliphatic rings. The fourth-order valence-corrected chi connectivity index (χ4v) is 3.19. The second-order valence-electron chi connectivity index (χ2n) is 6.17. The van der Waals surface area contributed by atoms with Gasteiger partial charge in [-0.1, -0.05) is 0 Å². The summed E-state index contributed by atoms with van der Waals surface area (Å²) in [5.74, 6) is -0.343. The third kappa shape index (κ3) is 2.73. The molecule has 1 aliphatic heterocycles. The van der Waals surface area contributed by atoms with Crippen LogP contribution in [0.1, 0.15) is 21.6 Å². The van der Waals surface area contributed by atoms with E-state index in [2.05, 4.69) is 15.3 Å². The highest BCUT2D eigenvalue weighted by molar-refractivity contribution is 5.95. The summed E-state index contributed by atoms with van der Waals surface area (Å²) in [7, 11) is 0. The monoisotopic (exact) mass is 335 g/mol. The molecule has 1 amide bonds. The summed E-state index contributed by atoms with van der Waals surface area (Å²) < 4.78 is 3.45. The predicted octanol–water partition coefficient (Wildman–Crippen LogP) is 1.09. The molecule has 7 nitrogen and oxygen atoms in total.